The van der Waals surface area contributed by atoms with E-state index in [1.54, 1.807) is 0 Å². The van der Waals surface area contributed by atoms with Crippen LogP contribution in [0.3, 0.4) is 0 Å². The molecule has 0 bridgehead atoms. The Morgan fingerprint density at radius 2 is 1.03 bits per heavy atom. The van der Waals surface area contributed by atoms with Gasteiger partial charge in [0, 0.05) is 0 Å². The summed E-state index contributed by atoms with van der Waals surface area (Å²) in [5, 5.41) is 9.01. The molecule has 0 aromatic heterocycles. The molecule has 0 aliphatic heterocycles. The van der Waals surface area contributed by atoms with E-state index in [0.717, 1.165) is 32.1 Å². The summed E-state index contributed by atoms with van der Waals surface area (Å²) < 4.78 is 34.3. The molecule has 0 saturated heterocycles. The predicted molar refractivity (Wildman–Crippen MR) is 119 cm³/mol. The van der Waals surface area contributed by atoms with Crippen molar-refractivity contribution in [2.45, 2.75) is 147 Å². The topological polar surface area (TPSA) is 77.4 Å². The van der Waals surface area contributed by atoms with Gasteiger partial charge in [0.15, 0.2) is 0 Å². The van der Waals surface area contributed by atoms with Crippen LogP contribution in [0.15, 0.2) is 0 Å². The van der Waals surface area contributed by atoms with Gasteiger partial charge in [0.1, 0.15) is 0 Å². The largest absolute Gasteiger partial charge is 1.00 e. The Hall–Kier alpha value is 0.870. The van der Waals surface area contributed by atoms with Crippen LogP contribution in [0.25, 0.3) is 0 Å². The van der Waals surface area contributed by atoms with Crippen molar-refractivity contribution in [2.24, 2.45) is 0 Å². The van der Waals surface area contributed by atoms with Crippen LogP contribution in [0.4, 0.5) is 0 Å². The summed E-state index contributed by atoms with van der Waals surface area (Å²) in [6.45, 7) is 4.28. The van der Waals surface area contributed by atoms with Gasteiger partial charge in [-0.25, -0.2) is 8.42 Å². The second-order valence-electron chi connectivity index (χ2n) is 8.53. The van der Waals surface area contributed by atoms with Gasteiger partial charge >= 0.3 is 29.6 Å². The van der Waals surface area contributed by atoms with E-state index in [1.807, 2.05) is 6.92 Å². The summed E-state index contributed by atoms with van der Waals surface area (Å²) in [4.78, 5) is 0. The number of rotatable bonds is 21. The molecule has 0 amide bonds. The second kappa shape index (κ2) is 22.1. The monoisotopic (exact) mass is 442 g/mol. The zero-order valence-corrected chi connectivity index (χ0v) is 22.5. The van der Waals surface area contributed by atoms with E-state index in [9.17, 15) is 18.1 Å². The van der Waals surface area contributed by atoms with Gasteiger partial charge < -0.3 is 9.66 Å². The summed E-state index contributed by atoms with van der Waals surface area (Å²) in [5.74, 6) is 0. The maximum atomic E-state index is 11.4. The van der Waals surface area contributed by atoms with E-state index < -0.39 is 21.5 Å². The Labute approximate surface area is 204 Å². The van der Waals surface area contributed by atoms with Crippen molar-refractivity contribution in [3.05, 3.63) is 0 Å². The molecule has 0 heterocycles. The zero-order chi connectivity index (χ0) is 21.1. The van der Waals surface area contributed by atoms with E-state index >= 15 is 0 Å². The molecule has 4 nitrogen and oxygen atoms in total. The van der Waals surface area contributed by atoms with E-state index in [1.165, 1.54) is 70.6 Å². The standard InChI is InChI=1S/C23H48O4S.Na/c1-3-5-7-8-9-10-11-12-13-14-15-16-17-18-20-23(28(25,26)27)21-22(24)19-6-4-2;/h22-24H,3-21H2,1-2H3,(H,25,26,27);/q;+1/p-1. The average molecular weight is 443 g/mol. The molecule has 0 radical (unpaired) electrons. The summed E-state index contributed by atoms with van der Waals surface area (Å²) in [6.07, 6.45) is 19.8. The van der Waals surface area contributed by atoms with Crippen LogP contribution in [-0.2, 0) is 10.1 Å². The molecule has 0 aliphatic carbocycles. The van der Waals surface area contributed by atoms with Crippen LogP contribution in [-0.4, -0.2) is 29.4 Å². The molecule has 0 fully saturated rings. The number of hydrogen-bond donors (Lipinski definition) is 1. The van der Waals surface area contributed by atoms with Crippen LogP contribution in [0.2, 0.25) is 0 Å². The van der Waals surface area contributed by atoms with Crippen molar-refractivity contribution in [2.75, 3.05) is 0 Å². The number of aliphatic hydroxyl groups is 1. The Kier molecular flexibility index (Phi) is 24.4. The third-order valence-electron chi connectivity index (χ3n) is 5.71. The second-order valence-corrected chi connectivity index (χ2v) is 10.2. The zero-order valence-electron chi connectivity index (χ0n) is 19.7. The normalized spacial score (nSPS) is 13.8. The van der Waals surface area contributed by atoms with Crippen molar-refractivity contribution >= 4 is 10.1 Å². The molecule has 0 aliphatic rings. The molecule has 0 saturated carbocycles. The first-order valence-electron chi connectivity index (χ1n) is 12.0. The number of hydrogen-bond acceptors (Lipinski definition) is 4. The molecule has 0 spiro atoms. The molecule has 29 heavy (non-hydrogen) atoms. The Balaban J connectivity index is 0. The van der Waals surface area contributed by atoms with Crippen molar-refractivity contribution < 1.29 is 47.6 Å². The molecule has 0 aromatic carbocycles. The third-order valence-corrected chi connectivity index (χ3v) is 6.96. The molecule has 0 aromatic rings. The molecule has 2 atom stereocenters. The van der Waals surface area contributed by atoms with Gasteiger partial charge in [-0.1, -0.05) is 117 Å². The fourth-order valence-corrected chi connectivity index (χ4v) is 4.72. The summed E-state index contributed by atoms with van der Waals surface area (Å²) >= 11 is 0. The van der Waals surface area contributed by atoms with Gasteiger partial charge in [-0.05, 0) is 19.3 Å². The molecular formula is C23H47NaO4S. The van der Waals surface area contributed by atoms with E-state index in [4.69, 9.17) is 0 Å². The quantitative estimate of drug-likeness (QED) is 0.167. The molecule has 2 unspecified atom stereocenters. The Morgan fingerprint density at radius 1 is 0.655 bits per heavy atom. The van der Waals surface area contributed by atoms with E-state index in [2.05, 4.69) is 6.92 Å². The third kappa shape index (κ3) is 21.9. The van der Waals surface area contributed by atoms with Gasteiger partial charge in [-0.2, -0.15) is 0 Å². The van der Waals surface area contributed by atoms with E-state index in [0.29, 0.717) is 12.8 Å². The summed E-state index contributed by atoms with van der Waals surface area (Å²) in [6, 6.07) is 0. The predicted octanol–water partition coefficient (Wildman–Crippen LogP) is 3.72. The number of unbranched alkanes of at least 4 members (excludes halogenated alkanes) is 14. The fourth-order valence-electron chi connectivity index (χ4n) is 3.81. The molecule has 170 valence electrons. The van der Waals surface area contributed by atoms with Gasteiger partial charge in [-0.15, -0.1) is 0 Å². The molecular weight excluding hydrogens is 395 g/mol. The summed E-state index contributed by atoms with van der Waals surface area (Å²) in [7, 11) is -4.31. The average Bonchev–Trinajstić information content (AvgIpc) is 2.64. The fraction of sp³-hybridized carbons (Fsp3) is 1.00. The van der Waals surface area contributed by atoms with Crippen LogP contribution < -0.4 is 29.6 Å². The van der Waals surface area contributed by atoms with Gasteiger partial charge in [0.2, 0.25) is 0 Å². The molecule has 6 heteroatoms. The molecule has 1 N–H and O–H groups in total. The van der Waals surface area contributed by atoms with Crippen molar-refractivity contribution in [3.63, 3.8) is 0 Å². The smallest absolute Gasteiger partial charge is 0.748 e. The summed E-state index contributed by atoms with van der Waals surface area (Å²) in [5.41, 5.74) is 0. The number of aliphatic hydroxyl groups excluding tert-OH is 1. The first-order chi connectivity index (χ1) is 13.4. The van der Waals surface area contributed by atoms with Crippen LogP contribution in [0.5, 0.6) is 0 Å². The minimum atomic E-state index is -4.31. The van der Waals surface area contributed by atoms with Crippen LogP contribution >= 0.6 is 0 Å². The maximum Gasteiger partial charge on any atom is 1.00 e. The van der Waals surface area contributed by atoms with Crippen molar-refractivity contribution in [3.8, 4) is 0 Å². The van der Waals surface area contributed by atoms with E-state index in [-0.39, 0.29) is 36.0 Å². The first-order valence-corrected chi connectivity index (χ1v) is 13.5. The maximum absolute atomic E-state index is 11.4. The SMILES string of the molecule is CCCCCCCCCCCCCCCCC(CC(O)CCCC)S(=O)(=O)[O-].[Na+]. The first kappa shape index (κ1) is 32.1. The van der Waals surface area contributed by atoms with Gasteiger partial charge in [0.25, 0.3) is 0 Å². The Morgan fingerprint density at radius 3 is 1.41 bits per heavy atom. The Bertz CT molecular complexity index is 429. The van der Waals surface area contributed by atoms with Crippen molar-refractivity contribution in [1.29, 1.82) is 0 Å². The van der Waals surface area contributed by atoms with Gasteiger partial charge in [0.05, 0.1) is 21.5 Å². The minimum absolute atomic E-state index is 0. The minimum Gasteiger partial charge on any atom is -0.748 e. The van der Waals surface area contributed by atoms with Gasteiger partial charge in [-0.3, -0.25) is 0 Å². The molecule has 0 rings (SSSR count). The van der Waals surface area contributed by atoms with Crippen molar-refractivity contribution in [1.82, 2.24) is 0 Å². The van der Waals surface area contributed by atoms with Crippen LogP contribution in [0, 0.1) is 0 Å². The van der Waals surface area contributed by atoms with Crippen LogP contribution in [0.1, 0.15) is 136 Å².